The summed E-state index contributed by atoms with van der Waals surface area (Å²) in [6.07, 6.45) is 2.85. The molecule has 136 valence electrons. The minimum absolute atomic E-state index is 0.387. The molecule has 6 nitrogen and oxygen atoms in total. The summed E-state index contributed by atoms with van der Waals surface area (Å²) in [4.78, 5) is 23.7. The summed E-state index contributed by atoms with van der Waals surface area (Å²) < 4.78 is 15.5. The van der Waals surface area contributed by atoms with E-state index >= 15 is 0 Å². The second-order valence-electron chi connectivity index (χ2n) is 5.20. The summed E-state index contributed by atoms with van der Waals surface area (Å²) in [6.45, 7) is 1.95. The molecule has 2 rings (SSSR count). The van der Waals surface area contributed by atoms with E-state index in [9.17, 15) is 9.59 Å². The molecule has 0 radical (unpaired) electrons. The third kappa shape index (κ3) is 5.98. The zero-order valence-electron chi connectivity index (χ0n) is 14.7. The Morgan fingerprint density at radius 1 is 1.12 bits per heavy atom. The van der Waals surface area contributed by atoms with Gasteiger partial charge in [-0.15, -0.1) is 0 Å². The summed E-state index contributed by atoms with van der Waals surface area (Å²) in [5, 5.41) is 2.66. The molecule has 26 heavy (non-hydrogen) atoms. The van der Waals surface area contributed by atoms with Gasteiger partial charge in [0.2, 0.25) is 0 Å². The van der Waals surface area contributed by atoms with Crippen molar-refractivity contribution >= 4 is 23.6 Å². The number of amides is 1. The lowest BCUT2D eigenvalue weighted by atomic mass is 10.2. The molecule has 1 amide bonds. The molecular formula is C20H21NO5. The molecule has 0 heterocycles. The fraction of sp³-hybridized carbons (Fsp3) is 0.200. The monoisotopic (exact) mass is 355 g/mol. The topological polar surface area (TPSA) is 73.9 Å². The first-order valence-electron chi connectivity index (χ1n) is 8.13. The van der Waals surface area contributed by atoms with E-state index in [2.05, 4.69) is 5.32 Å². The average Bonchev–Trinajstić information content (AvgIpc) is 2.66. The summed E-state index contributed by atoms with van der Waals surface area (Å²) in [5.74, 6) is 0.196. The average molecular weight is 355 g/mol. The summed E-state index contributed by atoms with van der Waals surface area (Å²) in [5.41, 5.74) is 1.32. The van der Waals surface area contributed by atoms with Crippen LogP contribution in [0.4, 0.5) is 5.69 Å². The van der Waals surface area contributed by atoms with Crippen molar-refractivity contribution in [1.29, 1.82) is 0 Å². The predicted molar refractivity (Wildman–Crippen MR) is 99.2 cm³/mol. The van der Waals surface area contributed by atoms with Gasteiger partial charge in [0.15, 0.2) is 6.61 Å². The van der Waals surface area contributed by atoms with Gasteiger partial charge in [-0.05, 0) is 42.8 Å². The molecule has 0 unspecified atom stereocenters. The van der Waals surface area contributed by atoms with Gasteiger partial charge >= 0.3 is 5.97 Å². The lowest BCUT2D eigenvalue weighted by Gasteiger charge is -2.11. The van der Waals surface area contributed by atoms with Crippen molar-refractivity contribution in [2.45, 2.75) is 6.92 Å². The molecule has 0 aliphatic heterocycles. The largest absolute Gasteiger partial charge is 0.497 e. The van der Waals surface area contributed by atoms with E-state index in [1.165, 1.54) is 6.08 Å². The molecular weight excluding hydrogens is 334 g/mol. The summed E-state index contributed by atoms with van der Waals surface area (Å²) in [7, 11) is 1.57. The maximum atomic E-state index is 11.9. The van der Waals surface area contributed by atoms with E-state index in [1.54, 1.807) is 43.5 Å². The predicted octanol–water partition coefficient (Wildman–Crippen LogP) is 3.29. The molecule has 6 heteroatoms. The van der Waals surface area contributed by atoms with Gasteiger partial charge in [0.05, 0.1) is 19.4 Å². The van der Waals surface area contributed by atoms with Crippen molar-refractivity contribution < 1.29 is 23.8 Å². The first-order valence-corrected chi connectivity index (χ1v) is 8.13. The number of carbonyl (C=O) groups excluding carboxylic acids is 2. The van der Waals surface area contributed by atoms with E-state index in [0.717, 1.165) is 5.56 Å². The summed E-state index contributed by atoms with van der Waals surface area (Å²) >= 11 is 0. The molecule has 0 fully saturated rings. The van der Waals surface area contributed by atoms with Gasteiger partial charge < -0.3 is 19.5 Å². The highest BCUT2D eigenvalue weighted by atomic mass is 16.5. The minimum Gasteiger partial charge on any atom is -0.497 e. The Morgan fingerprint density at radius 3 is 2.69 bits per heavy atom. The molecule has 2 aromatic carbocycles. The number of ether oxygens (including phenoxy) is 3. The van der Waals surface area contributed by atoms with Crippen LogP contribution in [0.1, 0.15) is 12.5 Å². The molecule has 0 aromatic heterocycles. The normalized spacial score (nSPS) is 10.4. The smallest absolute Gasteiger partial charge is 0.331 e. The van der Waals surface area contributed by atoms with E-state index in [-0.39, 0.29) is 6.61 Å². The van der Waals surface area contributed by atoms with Crippen molar-refractivity contribution in [2.75, 3.05) is 25.6 Å². The highest BCUT2D eigenvalue weighted by Gasteiger charge is 2.09. The Morgan fingerprint density at radius 2 is 1.92 bits per heavy atom. The second-order valence-corrected chi connectivity index (χ2v) is 5.20. The first kappa shape index (κ1) is 19.1. The molecule has 0 spiro atoms. The zero-order chi connectivity index (χ0) is 18.8. The quantitative estimate of drug-likeness (QED) is 0.581. The Balaban J connectivity index is 1.85. The van der Waals surface area contributed by atoms with Gasteiger partial charge in [0, 0.05) is 6.08 Å². The van der Waals surface area contributed by atoms with Crippen LogP contribution in [0.25, 0.3) is 6.08 Å². The third-order valence-electron chi connectivity index (χ3n) is 3.31. The lowest BCUT2D eigenvalue weighted by molar-refractivity contribution is -0.142. The van der Waals surface area contributed by atoms with Gasteiger partial charge in [-0.25, -0.2) is 4.79 Å². The fourth-order valence-corrected chi connectivity index (χ4v) is 2.13. The van der Waals surface area contributed by atoms with Crippen LogP contribution in [-0.2, 0) is 14.3 Å². The van der Waals surface area contributed by atoms with E-state index in [1.807, 2.05) is 25.1 Å². The number of esters is 1. The number of anilines is 1. The minimum atomic E-state index is -0.610. The van der Waals surface area contributed by atoms with Crippen LogP contribution in [0.5, 0.6) is 11.5 Å². The van der Waals surface area contributed by atoms with Gasteiger partial charge in [-0.3, -0.25) is 4.79 Å². The number of carbonyl (C=O) groups is 2. The van der Waals surface area contributed by atoms with Crippen molar-refractivity contribution in [3.63, 3.8) is 0 Å². The number of hydrogen-bond donors (Lipinski definition) is 1. The number of benzene rings is 2. The third-order valence-corrected chi connectivity index (χ3v) is 3.31. The van der Waals surface area contributed by atoms with Crippen molar-refractivity contribution in [3.05, 3.63) is 60.2 Å². The van der Waals surface area contributed by atoms with E-state index < -0.39 is 11.9 Å². The highest BCUT2D eigenvalue weighted by molar-refractivity contribution is 5.95. The maximum absolute atomic E-state index is 11.9. The Kier molecular flexibility index (Phi) is 7.24. The molecule has 0 bridgehead atoms. The second kappa shape index (κ2) is 9.88. The molecule has 0 atom stereocenters. The van der Waals surface area contributed by atoms with Crippen molar-refractivity contribution in [2.24, 2.45) is 0 Å². The molecule has 0 saturated heterocycles. The maximum Gasteiger partial charge on any atom is 0.331 e. The van der Waals surface area contributed by atoms with Crippen LogP contribution in [0.3, 0.4) is 0 Å². The van der Waals surface area contributed by atoms with Gasteiger partial charge in [0.1, 0.15) is 11.5 Å². The first-order chi connectivity index (χ1) is 12.6. The molecule has 1 N–H and O–H groups in total. The van der Waals surface area contributed by atoms with E-state index in [4.69, 9.17) is 14.2 Å². The summed E-state index contributed by atoms with van der Waals surface area (Å²) in [6, 6.07) is 14.3. The standard InChI is InChI=1S/C20H21NO5/c1-3-25-18-10-5-4-9-17(18)21-19(22)14-26-20(23)12-11-15-7-6-8-16(13-15)24-2/h4-13H,3,14H2,1-2H3,(H,21,22). The van der Waals surface area contributed by atoms with Crippen molar-refractivity contribution in [1.82, 2.24) is 0 Å². The molecule has 0 aliphatic rings. The number of methoxy groups -OCH3 is 1. The zero-order valence-corrected chi connectivity index (χ0v) is 14.7. The highest BCUT2D eigenvalue weighted by Crippen LogP contribution is 2.23. The van der Waals surface area contributed by atoms with Gasteiger partial charge in [-0.1, -0.05) is 24.3 Å². The number of hydrogen-bond acceptors (Lipinski definition) is 5. The molecule has 0 aliphatic carbocycles. The Hall–Kier alpha value is -3.28. The molecule has 0 saturated carbocycles. The number of rotatable bonds is 8. The van der Waals surface area contributed by atoms with Crippen LogP contribution in [0, 0.1) is 0 Å². The van der Waals surface area contributed by atoms with Crippen molar-refractivity contribution in [3.8, 4) is 11.5 Å². The number of nitrogens with one attached hydrogen (secondary N) is 1. The Labute approximate surface area is 152 Å². The van der Waals surface area contributed by atoms with E-state index in [0.29, 0.717) is 23.8 Å². The Bertz CT molecular complexity index is 785. The van der Waals surface area contributed by atoms with Crippen LogP contribution in [0.2, 0.25) is 0 Å². The SMILES string of the molecule is CCOc1ccccc1NC(=O)COC(=O)C=Cc1cccc(OC)c1. The van der Waals surface area contributed by atoms with Crippen LogP contribution in [-0.4, -0.2) is 32.2 Å². The lowest BCUT2D eigenvalue weighted by Crippen LogP contribution is -2.20. The van der Waals surface area contributed by atoms with Gasteiger partial charge in [0.25, 0.3) is 5.91 Å². The van der Waals surface area contributed by atoms with Gasteiger partial charge in [-0.2, -0.15) is 0 Å². The van der Waals surface area contributed by atoms with Crippen LogP contribution < -0.4 is 14.8 Å². The van der Waals surface area contributed by atoms with Crippen LogP contribution in [0.15, 0.2) is 54.6 Å². The fourth-order valence-electron chi connectivity index (χ4n) is 2.13. The number of para-hydroxylation sites is 2. The van der Waals surface area contributed by atoms with Crippen LogP contribution >= 0.6 is 0 Å². The molecule has 2 aromatic rings.